The van der Waals surface area contributed by atoms with Gasteiger partial charge in [-0.2, -0.15) is 0 Å². The van der Waals surface area contributed by atoms with Gasteiger partial charge in [0.15, 0.2) is 0 Å². The second kappa shape index (κ2) is 8.35. The highest BCUT2D eigenvalue weighted by molar-refractivity contribution is 8.00. The third-order valence-corrected chi connectivity index (χ3v) is 4.93. The molecule has 0 aliphatic rings. The smallest absolute Gasteiger partial charge is 0.336 e. The predicted octanol–water partition coefficient (Wildman–Crippen LogP) is 4.47. The molecule has 2 aromatic carbocycles. The van der Waals surface area contributed by atoms with Crippen LogP contribution in [0.1, 0.15) is 18.1 Å². The normalized spacial score (nSPS) is 10.9. The lowest BCUT2D eigenvalue weighted by Gasteiger charge is -2.08. The van der Waals surface area contributed by atoms with Crippen LogP contribution in [0.4, 0.5) is 8.78 Å². The first-order valence-electron chi connectivity index (χ1n) is 8.25. The fraction of sp³-hybridized carbons (Fsp3) is 0.200. The van der Waals surface area contributed by atoms with Crippen LogP contribution in [0.2, 0.25) is 0 Å². The fourth-order valence-corrected chi connectivity index (χ4v) is 3.30. The van der Waals surface area contributed by atoms with Crippen LogP contribution in [-0.2, 0) is 22.6 Å². The van der Waals surface area contributed by atoms with Crippen LogP contribution in [0.25, 0.3) is 11.0 Å². The molecule has 0 aliphatic carbocycles. The number of hydrogen-bond acceptors (Lipinski definition) is 5. The Morgan fingerprint density at radius 2 is 1.96 bits per heavy atom. The van der Waals surface area contributed by atoms with Gasteiger partial charge in [-0.1, -0.05) is 19.1 Å². The monoisotopic (exact) mass is 390 g/mol. The number of rotatable bonds is 6. The van der Waals surface area contributed by atoms with Gasteiger partial charge in [0.1, 0.15) is 23.8 Å². The lowest BCUT2D eigenvalue weighted by atomic mass is 10.1. The van der Waals surface area contributed by atoms with Crippen molar-refractivity contribution in [1.82, 2.24) is 0 Å². The van der Waals surface area contributed by atoms with Gasteiger partial charge in [0.2, 0.25) is 0 Å². The van der Waals surface area contributed by atoms with Crippen molar-refractivity contribution in [2.75, 3.05) is 5.75 Å². The van der Waals surface area contributed by atoms with Crippen LogP contribution in [0, 0.1) is 11.6 Å². The molecule has 0 saturated heterocycles. The van der Waals surface area contributed by atoms with E-state index >= 15 is 0 Å². The first kappa shape index (κ1) is 19.1. The van der Waals surface area contributed by atoms with Gasteiger partial charge in [-0.15, -0.1) is 11.8 Å². The standard InChI is InChI=1S/C20H16F2O4S/c1-2-12-3-5-15-13(8-19(23)26-17(15)7-12)10-25-20(24)11-27-18-9-14(21)4-6-16(18)22/h3-9H,2,10-11H2,1H3. The lowest BCUT2D eigenvalue weighted by Crippen LogP contribution is -2.09. The molecule has 3 rings (SSSR count). The first-order chi connectivity index (χ1) is 13.0. The van der Waals surface area contributed by atoms with E-state index in [1.807, 2.05) is 19.1 Å². The van der Waals surface area contributed by atoms with Crippen LogP contribution in [-0.4, -0.2) is 11.7 Å². The zero-order valence-electron chi connectivity index (χ0n) is 14.5. The Labute approximate surface area is 158 Å². The molecule has 0 saturated carbocycles. The Hall–Kier alpha value is -2.67. The van der Waals surface area contributed by atoms with Crippen molar-refractivity contribution in [2.45, 2.75) is 24.8 Å². The molecule has 7 heteroatoms. The molecular weight excluding hydrogens is 374 g/mol. The highest BCUT2D eigenvalue weighted by Crippen LogP contribution is 2.23. The Kier molecular flexibility index (Phi) is 5.91. The summed E-state index contributed by atoms with van der Waals surface area (Å²) in [6.45, 7) is 1.88. The van der Waals surface area contributed by atoms with E-state index in [1.54, 1.807) is 6.07 Å². The minimum atomic E-state index is -0.604. The molecule has 0 aliphatic heterocycles. The van der Waals surface area contributed by atoms with E-state index in [1.165, 1.54) is 6.07 Å². The van der Waals surface area contributed by atoms with Crippen LogP contribution >= 0.6 is 11.8 Å². The van der Waals surface area contributed by atoms with Gasteiger partial charge in [0, 0.05) is 21.9 Å². The number of carbonyl (C=O) groups excluding carboxylic acids is 1. The van der Waals surface area contributed by atoms with E-state index in [-0.39, 0.29) is 17.3 Å². The molecular formula is C20H16F2O4S. The third kappa shape index (κ3) is 4.74. The number of halogens is 2. The number of esters is 1. The highest BCUT2D eigenvalue weighted by atomic mass is 32.2. The van der Waals surface area contributed by atoms with Crippen LogP contribution < -0.4 is 5.63 Å². The summed E-state index contributed by atoms with van der Waals surface area (Å²) in [5.41, 5.74) is 1.45. The maximum absolute atomic E-state index is 13.6. The van der Waals surface area contributed by atoms with E-state index in [4.69, 9.17) is 9.15 Å². The maximum atomic E-state index is 13.6. The van der Waals surface area contributed by atoms with E-state index in [2.05, 4.69) is 0 Å². The van der Waals surface area contributed by atoms with Crippen molar-refractivity contribution in [1.29, 1.82) is 0 Å². The Morgan fingerprint density at radius 3 is 2.74 bits per heavy atom. The Morgan fingerprint density at radius 1 is 1.15 bits per heavy atom. The summed E-state index contributed by atoms with van der Waals surface area (Å²) in [4.78, 5) is 23.7. The number of aryl methyl sites for hydroxylation is 1. The van der Waals surface area contributed by atoms with Crippen molar-refractivity contribution >= 4 is 28.7 Å². The number of thioether (sulfide) groups is 1. The first-order valence-corrected chi connectivity index (χ1v) is 9.24. The number of hydrogen-bond donors (Lipinski definition) is 0. The molecule has 0 spiro atoms. The van der Waals surface area contributed by atoms with Crippen molar-refractivity contribution < 1.29 is 22.7 Å². The van der Waals surface area contributed by atoms with Crippen molar-refractivity contribution in [3.05, 3.63) is 75.6 Å². The topological polar surface area (TPSA) is 56.5 Å². The molecule has 1 aromatic heterocycles. The highest BCUT2D eigenvalue weighted by Gasteiger charge is 2.12. The Bertz CT molecular complexity index is 1050. The summed E-state index contributed by atoms with van der Waals surface area (Å²) >= 11 is 0.846. The van der Waals surface area contributed by atoms with Gasteiger partial charge in [-0.25, -0.2) is 13.6 Å². The molecule has 0 bridgehead atoms. The van der Waals surface area contributed by atoms with Gasteiger partial charge in [-0.3, -0.25) is 4.79 Å². The van der Waals surface area contributed by atoms with E-state index < -0.39 is 23.2 Å². The number of carbonyl (C=O) groups is 1. The van der Waals surface area contributed by atoms with Crippen molar-refractivity contribution in [3.8, 4) is 0 Å². The second-order valence-corrected chi connectivity index (χ2v) is 6.82. The molecule has 27 heavy (non-hydrogen) atoms. The predicted molar refractivity (Wildman–Crippen MR) is 98.7 cm³/mol. The van der Waals surface area contributed by atoms with E-state index in [9.17, 15) is 18.4 Å². The van der Waals surface area contributed by atoms with Crippen LogP contribution in [0.3, 0.4) is 0 Å². The van der Waals surface area contributed by atoms with Crippen LogP contribution in [0.5, 0.6) is 0 Å². The number of benzene rings is 2. The van der Waals surface area contributed by atoms with Gasteiger partial charge >= 0.3 is 11.6 Å². The molecule has 4 nitrogen and oxygen atoms in total. The largest absolute Gasteiger partial charge is 0.460 e. The quantitative estimate of drug-likeness (QED) is 0.353. The number of fused-ring (bicyclic) bond motifs is 1. The molecule has 0 fully saturated rings. The minimum Gasteiger partial charge on any atom is -0.460 e. The third-order valence-electron chi connectivity index (χ3n) is 3.93. The average molecular weight is 390 g/mol. The molecule has 0 radical (unpaired) electrons. The Balaban J connectivity index is 1.68. The summed E-state index contributed by atoms with van der Waals surface area (Å²) in [7, 11) is 0. The molecule has 0 N–H and O–H groups in total. The molecule has 0 atom stereocenters. The molecule has 1 heterocycles. The zero-order chi connectivity index (χ0) is 19.4. The summed E-state index contributed by atoms with van der Waals surface area (Å²) in [6.07, 6.45) is 0.798. The average Bonchev–Trinajstić information content (AvgIpc) is 2.66. The summed E-state index contributed by atoms with van der Waals surface area (Å²) in [6, 6.07) is 9.82. The van der Waals surface area contributed by atoms with Gasteiger partial charge in [0.25, 0.3) is 0 Å². The van der Waals surface area contributed by atoms with Gasteiger partial charge in [0.05, 0.1) is 5.75 Å². The van der Waals surface area contributed by atoms with E-state index in [0.29, 0.717) is 16.5 Å². The molecule has 0 unspecified atom stereocenters. The van der Waals surface area contributed by atoms with Gasteiger partial charge < -0.3 is 9.15 Å². The fourth-order valence-electron chi connectivity index (χ4n) is 2.54. The van der Waals surface area contributed by atoms with Crippen LogP contribution in [0.15, 0.2) is 56.6 Å². The SMILES string of the molecule is CCc1ccc2c(COC(=O)CSc3cc(F)ccc3F)cc(=O)oc2c1. The number of ether oxygens (including phenoxy) is 1. The minimum absolute atomic E-state index is 0.0323. The van der Waals surface area contributed by atoms with Gasteiger partial charge in [-0.05, 0) is 36.2 Å². The summed E-state index contributed by atoms with van der Waals surface area (Å²) < 4.78 is 37.1. The molecule has 0 amide bonds. The molecule has 140 valence electrons. The summed E-state index contributed by atoms with van der Waals surface area (Å²) in [5, 5.41) is 0.684. The van der Waals surface area contributed by atoms with Crippen molar-refractivity contribution in [2.24, 2.45) is 0 Å². The van der Waals surface area contributed by atoms with Crippen molar-refractivity contribution in [3.63, 3.8) is 0 Å². The maximum Gasteiger partial charge on any atom is 0.336 e. The summed E-state index contributed by atoms with van der Waals surface area (Å²) in [5.74, 6) is -1.97. The second-order valence-electron chi connectivity index (χ2n) is 5.80. The molecule has 3 aromatic rings. The zero-order valence-corrected chi connectivity index (χ0v) is 15.3. The van der Waals surface area contributed by atoms with E-state index in [0.717, 1.165) is 41.9 Å². The lowest BCUT2D eigenvalue weighted by molar-refractivity contribution is -0.141.